The fourth-order valence-corrected chi connectivity index (χ4v) is 1.73. The van der Waals surface area contributed by atoms with Gasteiger partial charge < -0.3 is 9.84 Å². The highest BCUT2D eigenvalue weighted by Crippen LogP contribution is 2.23. The van der Waals surface area contributed by atoms with Crippen LogP contribution in [0.1, 0.15) is 18.6 Å². The fraction of sp³-hybridized carbons (Fsp3) is 0.231. The summed E-state index contributed by atoms with van der Waals surface area (Å²) in [5.41, 5.74) is 0.618. The van der Waals surface area contributed by atoms with Gasteiger partial charge in [-0.1, -0.05) is 17.7 Å². The van der Waals surface area contributed by atoms with E-state index in [0.717, 1.165) is 0 Å². The Hall–Kier alpha value is -1.65. The van der Waals surface area contributed by atoms with E-state index in [-0.39, 0.29) is 0 Å². The molecule has 0 radical (unpaired) electrons. The molecule has 0 saturated heterocycles. The first kappa shape index (κ1) is 12.8. The maximum absolute atomic E-state index is 10.1. The molecule has 1 N–H and O–H groups in total. The van der Waals surface area contributed by atoms with Gasteiger partial charge >= 0.3 is 0 Å². The number of ether oxygens (including phenoxy) is 1. The first-order valence-electron chi connectivity index (χ1n) is 5.52. The summed E-state index contributed by atoms with van der Waals surface area (Å²) in [5.74, 6) is 0.617. The van der Waals surface area contributed by atoms with Crippen molar-refractivity contribution in [3.63, 3.8) is 0 Å². The lowest BCUT2D eigenvalue weighted by Crippen LogP contribution is -2.22. The third-order valence-corrected chi connectivity index (χ3v) is 2.72. The number of benzene rings is 1. The SMILES string of the molecule is CC(Oc1cccc(Cl)c1)C(O)c1cncnc1. The maximum Gasteiger partial charge on any atom is 0.126 e. The highest BCUT2D eigenvalue weighted by atomic mass is 35.5. The quantitative estimate of drug-likeness (QED) is 0.922. The topological polar surface area (TPSA) is 55.2 Å². The van der Waals surface area contributed by atoms with Crippen LogP contribution in [0.2, 0.25) is 5.02 Å². The molecule has 5 heteroatoms. The number of hydrogen-bond donors (Lipinski definition) is 1. The molecule has 2 unspecified atom stereocenters. The van der Waals surface area contributed by atoms with E-state index in [4.69, 9.17) is 16.3 Å². The maximum atomic E-state index is 10.1. The van der Waals surface area contributed by atoms with E-state index in [1.54, 1.807) is 43.6 Å². The minimum absolute atomic E-state index is 0.422. The largest absolute Gasteiger partial charge is 0.488 e. The Morgan fingerprint density at radius 2 is 2.00 bits per heavy atom. The van der Waals surface area contributed by atoms with Gasteiger partial charge in [0.15, 0.2) is 0 Å². The van der Waals surface area contributed by atoms with Crippen molar-refractivity contribution < 1.29 is 9.84 Å². The molecule has 94 valence electrons. The molecule has 0 aliphatic rings. The Morgan fingerprint density at radius 3 is 2.67 bits per heavy atom. The molecular weight excluding hydrogens is 252 g/mol. The predicted molar refractivity (Wildman–Crippen MR) is 68.5 cm³/mol. The number of aromatic nitrogens is 2. The molecule has 1 aromatic carbocycles. The van der Waals surface area contributed by atoms with Crippen LogP contribution in [-0.2, 0) is 0 Å². The van der Waals surface area contributed by atoms with E-state index in [9.17, 15) is 5.11 Å². The summed E-state index contributed by atoms with van der Waals surface area (Å²) in [6, 6.07) is 7.05. The van der Waals surface area contributed by atoms with E-state index in [1.165, 1.54) is 6.33 Å². The molecule has 0 aliphatic carbocycles. The summed E-state index contributed by atoms with van der Waals surface area (Å²) in [5, 5.41) is 10.7. The molecule has 18 heavy (non-hydrogen) atoms. The van der Waals surface area contributed by atoms with Crippen molar-refractivity contribution in [2.24, 2.45) is 0 Å². The van der Waals surface area contributed by atoms with Gasteiger partial charge in [-0.3, -0.25) is 0 Å². The minimum Gasteiger partial charge on any atom is -0.488 e. The molecule has 4 nitrogen and oxygen atoms in total. The van der Waals surface area contributed by atoms with E-state index < -0.39 is 12.2 Å². The van der Waals surface area contributed by atoms with Gasteiger partial charge in [-0.05, 0) is 25.1 Å². The van der Waals surface area contributed by atoms with Gasteiger partial charge in [0.2, 0.25) is 0 Å². The van der Waals surface area contributed by atoms with Crippen LogP contribution < -0.4 is 4.74 Å². The molecule has 0 amide bonds. The van der Waals surface area contributed by atoms with Gasteiger partial charge in [0.05, 0.1) is 0 Å². The molecule has 2 aromatic rings. The van der Waals surface area contributed by atoms with Crippen LogP contribution in [0.5, 0.6) is 5.75 Å². The number of nitrogens with zero attached hydrogens (tertiary/aromatic N) is 2. The molecule has 0 spiro atoms. The average Bonchev–Trinajstić information content (AvgIpc) is 2.39. The van der Waals surface area contributed by atoms with Crippen molar-refractivity contribution >= 4 is 11.6 Å². The van der Waals surface area contributed by atoms with Crippen molar-refractivity contribution in [2.45, 2.75) is 19.1 Å². The lowest BCUT2D eigenvalue weighted by molar-refractivity contribution is 0.0463. The number of rotatable bonds is 4. The van der Waals surface area contributed by atoms with Crippen molar-refractivity contribution in [3.8, 4) is 5.75 Å². The first-order valence-corrected chi connectivity index (χ1v) is 5.90. The van der Waals surface area contributed by atoms with Crippen molar-refractivity contribution in [3.05, 3.63) is 53.6 Å². The smallest absolute Gasteiger partial charge is 0.126 e. The molecule has 1 aromatic heterocycles. The zero-order valence-corrected chi connectivity index (χ0v) is 10.6. The highest BCUT2D eigenvalue weighted by Gasteiger charge is 2.18. The van der Waals surface area contributed by atoms with Gasteiger partial charge in [-0.25, -0.2) is 9.97 Å². The van der Waals surface area contributed by atoms with E-state index in [2.05, 4.69) is 9.97 Å². The van der Waals surface area contributed by atoms with Crippen LogP contribution in [0.4, 0.5) is 0 Å². The van der Waals surface area contributed by atoms with Crippen molar-refractivity contribution in [1.29, 1.82) is 0 Å². The molecule has 0 aliphatic heterocycles. The van der Waals surface area contributed by atoms with Crippen LogP contribution in [0, 0.1) is 0 Å². The Balaban J connectivity index is 2.06. The Morgan fingerprint density at radius 1 is 1.28 bits per heavy atom. The Kier molecular flexibility index (Phi) is 4.12. The second-order valence-electron chi connectivity index (χ2n) is 3.90. The van der Waals surface area contributed by atoms with Gasteiger partial charge in [-0.2, -0.15) is 0 Å². The van der Waals surface area contributed by atoms with Crippen LogP contribution in [0.15, 0.2) is 43.0 Å². The van der Waals surface area contributed by atoms with Gasteiger partial charge in [0.1, 0.15) is 24.3 Å². The summed E-state index contributed by atoms with van der Waals surface area (Å²) in [6.07, 6.45) is 3.34. The van der Waals surface area contributed by atoms with Gasteiger partial charge in [0, 0.05) is 23.0 Å². The average molecular weight is 265 g/mol. The first-order chi connectivity index (χ1) is 8.66. The van der Waals surface area contributed by atoms with E-state index in [0.29, 0.717) is 16.3 Å². The zero-order valence-electron chi connectivity index (χ0n) is 9.82. The normalized spacial score (nSPS) is 13.9. The predicted octanol–water partition coefficient (Wildman–Crippen LogP) is 2.63. The molecule has 0 bridgehead atoms. The lowest BCUT2D eigenvalue weighted by Gasteiger charge is -2.20. The summed E-state index contributed by atoms with van der Waals surface area (Å²) in [4.78, 5) is 7.72. The summed E-state index contributed by atoms with van der Waals surface area (Å²) < 4.78 is 5.62. The zero-order chi connectivity index (χ0) is 13.0. The van der Waals surface area contributed by atoms with Crippen LogP contribution in [0.3, 0.4) is 0 Å². The molecule has 2 rings (SSSR count). The summed E-state index contributed by atoms with van der Waals surface area (Å²) in [6.45, 7) is 1.78. The number of hydrogen-bond acceptors (Lipinski definition) is 4. The van der Waals surface area contributed by atoms with Gasteiger partial charge in [0.25, 0.3) is 0 Å². The third-order valence-electron chi connectivity index (χ3n) is 2.48. The Labute approximate surface area is 110 Å². The van der Waals surface area contributed by atoms with E-state index in [1.807, 2.05) is 0 Å². The monoisotopic (exact) mass is 264 g/mol. The summed E-state index contributed by atoms with van der Waals surface area (Å²) in [7, 11) is 0. The standard InChI is InChI=1S/C13H13ClN2O2/c1-9(13(17)10-6-15-8-16-7-10)18-12-4-2-3-11(14)5-12/h2-9,13,17H,1H3. The molecule has 0 saturated carbocycles. The Bertz CT molecular complexity index is 507. The van der Waals surface area contributed by atoms with Gasteiger partial charge in [-0.15, -0.1) is 0 Å². The second kappa shape index (κ2) is 5.80. The third kappa shape index (κ3) is 3.18. The van der Waals surface area contributed by atoms with Crippen LogP contribution in [0.25, 0.3) is 0 Å². The minimum atomic E-state index is -0.787. The highest BCUT2D eigenvalue weighted by molar-refractivity contribution is 6.30. The number of halogens is 1. The van der Waals surface area contributed by atoms with E-state index >= 15 is 0 Å². The van der Waals surface area contributed by atoms with Crippen LogP contribution in [-0.4, -0.2) is 21.2 Å². The number of aliphatic hydroxyl groups is 1. The molecule has 1 heterocycles. The molecule has 0 fully saturated rings. The second-order valence-corrected chi connectivity index (χ2v) is 4.33. The fourth-order valence-electron chi connectivity index (χ4n) is 1.55. The molecular formula is C13H13ClN2O2. The van der Waals surface area contributed by atoms with Crippen molar-refractivity contribution in [1.82, 2.24) is 9.97 Å². The summed E-state index contributed by atoms with van der Waals surface area (Å²) >= 11 is 5.86. The molecule has 2 atom stereocenters. The number of aliphatic hydroxyl groups excluding tert-OH is 1. The van der Waals surface area contributed by atoms with Crippen molar-refractivity contribution in [2.75, 3.05) is 0 Å². The lowest BCUT2D eigenvalue weighted by atomic mass is 10.1. The van der Waals surface area contributed by atoms with Crippen LogP contribution >= 0.6 is 11.6 Å².